The average Bonchev–Trinajstić information content (AvgIpc) is 2.55. The highest BCUT2D eigenvalue weighted by molar-refractivity contribution is 5.93. The molecule has 0 bridgehead atoms. The van der Waals surface area contributed by atoms with Crippen molar-refractivity contribution in [1.82, 2.24) is 5.32 Å². The second-order valence-corrected chi connectivity index (χ2v) is 5.62. The van der Waals surface area contributed by atoms with Gasteiger partial charge in [-0.1, -0.05) is 24.3 Å². The summed E-state index contributed by atoms with van der Waals surface area (Å²) in [6.07, 6.45) is 1.44. The van der Waals surface area contributed by atoms with Crippen LogP contribution in [0.2, 0.25) is 0 Å². The first-order valence-electron chi connectivity index (χ1n) is 7.53. The zero-order valence-electron chi connectivity index (χ0n) is 12.6. The van der Waals surface area contributed by atoms with Crippen molar-refractivity contribution in [2.45, 2.75) is 25.8 Å². The second-order valence-electron chi connectivity index (χ2n) is 5.62. The number of hydrogen-bond acceptors (Lipinski definition) is 2. The molecule has 3 rings (SSSR count). The third-order valence-electron chi connectivity index (χ3n) is 3.83. The molecule has 1 aliphatic heterocycles. The van der Waals surface area contributed by atoms with E-state index in [1.54, 1.807) is 12.1 Å². The van der Waals surface area contributed by atoms with Crippen LogP contribution >= 0.6 is 0 Å². The Kier molecular flexibility index (Phi) is 4.37. The lowest BCUT2D eigenvalue weighted by molar-refractivity contribution is -0.120. The summed E-state index contributed by atoms with van der Waals surface area (Å²) in [5.41, 5.74) is 3.71. The van der Waals surface area contributed by atoms with Gasteiger partial charge in [0.25, 0.3) is 0 Å². The van der Waals surface area contributed by atoms with Gasteiger partial charge in [-0.3, -0.25) is 9.59 Å². The monoisotopic (exact) mass is 312 g/mol. The number of nitrogens with one attached hydrogen (secondary N) is 2. The molecule has 2 amide bonds. The molecule has 23 heavy (non-hydrogen) atoms. The van der Waals surface area contributed by atoms with E-state index in [2.05, 4.69) is 10.6 Å². The normalized spacial score (nSPS) is 13.2. The van der Waals surface area contributed by atoms with Gasteiger partial charge in [0.1, 0.15) is 5.82 Å². The lowest BCUT2D eigenvalue weighted by Gasteiger charge is -2.17. The molecule has 118 valence electrons. The number of fused-ring (bicyclic) bond motifs is 1. The smallest absolute Gasteiger partial charge is 0.224 e. The molecular formula is C18H17FN2O2. The van der Waals surface area contributed by atoms with Crippen LogP contribution in [-0.4, -0.2) is 11.8 Å². The standard InChI is InChI=1S/C18H17FN2O2/c19-15-5-1-12(2-6-15)10-18(23)20-11-13-3-7-16-14(9-13)4-8-17(22)21-16/h1-3,5-7,9H,4,8,10-11H2,(H,20,23)(H,21,22). The predicted octanol–water partition coefficient (Wildman–Crippen LogP) is 2.57. The van der Waals surface area contributed by atoms with Crippen molar-refractivity contribution < 1.29 is 14.0 Å². The Balaban J connectivity index is 1.56. The number of amides is 2. The first kappa shape index (κ1) is 15.2. The van der Waals surface area contributed by atoms with E-state index in [0.717, 1.165) is 28.8 Å². The quantitative estimate of drug-likeness (QED) is 0.911. The van der Waals surface area contributed by atoms with Crippen molar-refractivity contribution in [3.8, 4) is 0 Å². The first-order valence-corrected chi connectivity index (χ1v) is 7.53. The highest BCUT2D eigenvalue weighted by Crippen LogP contribution is 2.23. The van der Waals surface area contributed by atoms with Crippen LogP contribution in [0.4, 0.5) is 10.1 Å². The molecule has 0 saturated heterocycles. The van der Waals surface area contributed by atoms with E-state index in [-0.39, 0.29) is 24.1 Å². The third-order valence-corrected chi connectivity index (χ3v) is 3.83. The van der Waals surface area contributed by atoms with Crippen molar-refractivity contribution in [2.24, 2.45) is 0 Å². The van der Waals surface area contributed by atoms with Crippen molar-refractivity contribution in [3.63, 3.8) is 0 Å². The van der Waals surface area contributed by atoms with Crippen LogP contribution in [0.25, 0.3) is 0 Å². The molecular weight excluding hydrogens is 295 g/mol. The summed E-state index contributed by atoms with van der Waals surface area (Å²) in [4.78, 5) is 23.3. The maximum absolute atomic E-state index is 12.8. The summed E-state index contributed by atoms with van der Waals surface area (Å²) in [7, 11) is 0. The summed E-state index contributed by atoms with van der Waals surface area (Å²) in [5.74, 6) is -0.379. The van der Waals surface area contributed by atoms with Crippen LogP contribution in [0.3, 0.4) is 0 Å². The predicted molar refractivity (Wildman–Crippen MR) is 85.3 cm³/mol. The Bertz CT molecular complexity index is 741. The topological polar surface area (TPSA) is 58.2 Å². The Morgan fingerprint density at radius 2 is 1.83 bits per heavy atom. The molecule has 0 fully saturated rings. The van der Waals surface area contributed by atoms with Crippen LogP contribution in [0.5, 0.6) is 0 Å². The molecule has 0 spiro atoms. The molecule has 0 atom stereocenters. The number of carbonyl (C=O) groups excluding carboxylic acids is 2. The lowest BCUT2D eigenvalue weighted by Crippen LogP contribution is -2.25. The number of halogens is 1. The molecule has 2 aromatic rings. The number of anilines is 1. The molecule has 5 heteroatoms. The SMILES string of the molecule is O=C(Cc1ccc(F)cc1)NCc1ccc2c(c1)CCC(=O)N2. The fourth-order valence-electron chi connectivity index (χ4n) is 2.60. The molecule has 0 aliphatic carbocycles. The van der Waals surface area contributed by atoms with Crippen molar-refractivity contribution in [3.05, 3.63) is 65.0 Å². The van der Waals surface area contributed by atoms with Gasteiger partial charge in [-0.15, -0.1) is 0 Å². The van der Waals surface area contributed by atoms with Crippen molar-refractivity contribution in [2.75, 3.05) is 5.32 Å². The summed E-state index contributed by atoms with van der Waals surface area (Å²) >= 11 is 0. The molecule has 0 radical (unpaired) electrons. The number of benzene rings is 2. The van der Waals surface area contributed by atoms with Crippen LogP contribution in [0.1, 0.15) is 23.1 Å². The fourth-order valence-corrected chi connectivity index (χ4v) is 2.60. The summed E-state index contributed by atoms with van der Waals surface area (Å²) < 4.78 is 12.8. The van der Waals surface area contributed by atoms with E-state index in [9.17, 15) is 14.0 Å². The molecule has 0 aromatic heterocycles. The van der Waals surface area contributed by atoms with Crippen molar-refractivity contribution >= 4 is 17.5 Å². The average molecular weight is 312 g/mol. The molecule has 0 unspecified atom stereocenters. The van der Waals surface area contributed by atoms with E-state index in [1.807, 2.05) is 18.2 Å². The molecule has 2 N–H and O–H groups in total. The molecule has 1 aliphatic rings. The minimum atomic E-state index is -0.310. The number of aryl methyl sites for hydroxylation is 1. The summed E-state index contributed by atoms with van der Waals surface area (Å²) in [6, 6.07) is 11.7. The summed E-state index contributed by atoms with van der Waals surface area (Å²) in [6.45, 7) is 0.432. The zero-order chi connectivity index (χ0) is 16.2. The van der Waals surface area contributed by atoms with E-state index >= 15 is 0 Å². The minimum Gasteiger partial charge on any atom is -0.352 e. The minimum absolute atomic E-state index is 0.0397. The van der Waals surface area contributed by atoms with Crippen LogP contribution in [0.15, 0.2) is 42.5 Å². The third kappa shape index (κ3) is 3.94. The van der Waals surface area contributed by atoms with Crippen molar-refractivity contribution in [1.29, 1.82) is 0 Å². The van der Waals surface area contributed by atoms with Gasteiger partial charge in [-0.05, 0) is 41.3 Å². The zero-order valence-corrected chi connectivity index (χ0v) is 12.6. The highest BCUT2D eigenvalue weighted by atomic mass is 19.1. The van der Waals surface area contributed by atoms with E-state index in [0.29, 0.717) is 13.0 Å². The van der Waals surface area contributed by atoms with Gasteiger partial charge < -0.3 is 10.6 Å². The maximum Gasteiger partial charge on any atom is 0.224 e. The van der Waals surface area contributed by atoms with Gasteiger partial charge in [0.15, 0.2) is 0 Å². The van der Waals surface area contributed by atoms with Gasteiger partial charge in [0.2, 0.25) is 11.8 Å². The number of carbonyl (C=O) groups is 2. The molecule has 2 aromatic carbocycles. The first-order chi connectivity index (χ1) is 11.1. The Morgan fingerprint density at radius 3 is 2.61 bits per heavy atom. The molecule has 1 heterocycles. The van der Waals surface area contributed by atoms with Crippen LogP contribution in [0, 0.1) is 5.82 Å². The van der Waals surface area contributed by atoms with Gasteiger partial charge in [-0.2, -0.15) is 0 Å². The number of rotatable bonds is 4. The van der Waals surface area contributed by atoms with Crippen LogP contribution < -0.4 is 10.6 Å². The van der Waals surface area contributed by atoms with Gasteiger partial charge in [0, 0.05) is 18.7 Å². The number of hydrogen-bond donors (Lipinski definition) is 2. The van der Waals surface area contributed by atoms with E-state index < -0.39 is 0 Å². The van der Waals surface area contributed by atoms with Gasteiger partial charge in [-0.25, -0.2) is 4.39 Å². The van der Waals surface area contributed by atoms with Gasteiger partial charge in [0.05, 0.1) is 6.42 Å². The second kappa shape index (κ2) is 6.60. The molecule has 4 nitrogen and oxygen atoms in total. The summed E-state index contributed by atoms with van der Waals surface area (Å²) in [5, 5.41) is 5.69. The molecule has 0 saturated carbocycles. The highest BCUT2D eigenvalue weighted by Gasteiger charge is 2.14. The van der Waals surface area contributed by atoms with E-state index in [1.165, 1.54) is 12.1 Å². The van der Waals surface area contributed by atoms with E-state index in [4.69, 9.17) is 0 Å². The lowest BCUT2D eigenvalue weighted by atomic mass is 10.0. The van der Waals surface area contributed by atoms with Gasteiger partial charge >= 0.3 is 0 Å². The maximum atomic E-state index is 12.8. The fraction of sp³-hybridized carbons (Fsp3) is 0.222. The van der Waals surface area contributed by atoms with Crippen LogP contribution in [-0.2, 0) is 29.0 Å². The largest absolute Gasteiger partial charge is 0.352 e. The Labute approximate surface area is 133 Å². The Hall–Kier alpha value is -2.69. The Morgan fingerprint density at radius 1 is 1.09 bits per heavy atom.